The summed E-state index contributed by atoms with van der Waals surface area (Å²) in [7, 11) is 2.14. The van der Waals surface area contributed by atoms with Crippen LogP contribution >= 0.6 is 0 Å². The lowest BCUT2D eigenvalue weighted by Gasteiger charge is -2.20. The molecule has 3 aromatic rings. The fourth-order valence-electron chi connectivity index (χ4n) is 3.87. The fraction of sp³-hybridized carbons (Fsp3) is 0.409. The molecule has 1 aliphatic carbocycles. The minimum Gasteiger partial charge on any atom is -0.298 e. The highest BCUT2D eigenvalue weighted by Crippen LogP contribution is 2.30. The molecule has 4 rings (SSSR count). The van der Waals surface area contributed by atoms with Gasteiger partial charge in [-0.05, 0) is 43.7 Å². The molecular formula is C22H27N5. The maximum Gasteiger partial charge on any atom is 0.131 e. The minimum absolute atomic E-state index is 0.568. The molecule has 1 aliphatic rings. The van der Waals surface area contributed by atoms with Gasteiger partial charge in [0, 0.05) is 49.4 Å². The third-order valence-electron chi connectivity index (χ3n) is 5.31. The van der Waals surface area contributed by atoms with Crippen molar-refractivity contribution < 1.29 is 0 Å². The SMILES string of the molecule is CN(Cc1ccc(-n2cccn2)cc1)Cc1cnc(C2CCCCC2)nc1. The van der Waals surface area contributed by atoms with Crippen LogP contribution in [0.5, 0.6) is 0 Å². The number of benzene rings is 1. The summed E-state index contributed by atoms with van der Waals surface area (Å²) in [5.74, 6) is 1.61. The van der Waals surface area contributed by atoms with Crippen LogP contribution in [-0.2, 0) is 13.1 Å². The molecule has 0 bridgehead atoms. The molecule has 5 nitrogen and oxygen atoms in total. The van der Waals surface area contributed by atoms with Crippen LogP contribution in [0.25, 0.3) is 5.69 Å². The molecule has 0 spiro atoms. The van der Waals surface area contributed by atoms with Crippen molar-refractivity contribution in [2.75, 3.05) is 7.05 Å². The summed E-state index contributed by atoms with van der Waals surface area (Å²) < 4.78 is 1.87. The van der Waals surface area contributed by atoms with Gasteiger partial charge < -0.3 is 0 Å². The van der Waals surface area contributed by atoms with Crippen LogP contribution in [-0.4, -0.2) is 31.7 Å². The predicted octanol–water partition coefficient (Wildman–Crippen LogP) is 4.34. The van der Waals surface area contributed by atoms with Gasteiger partial charge in [0.25, 0.3) is 0 Å². The Kier molecular flexibility index (Phi) is 5.58. The lowest BCUT2D eigenvalue weighted by atomic mass is 9.89. The van der Waals surface area contributed by atoms with Gasteiger partial charge in [-0.2, -0.15) is 5.10 Å². The minimum atomic E-state index is 0.568. The van der Waals surface area contributed by atoms with Crippen LogP contribution < -0.4 is 0 Å². The molecule has 0 saturated heterocycles. The Morgan fingerprint density at radius 2 is 1.67 bits per heavy atom. The molecule has 0 radical (unpaired) electrons. The largest absolute Gasteiger partial charge is 0.298 e. The van der Waals surface area contributed by atoms with Crippen molar-refractivity contribution in [2.24, 2.45) is 0 Å². The molecule has 0 unspecified atom stereocenters. The molecule has 0 aliphatic heterocycles. The zero-order valence-corrected chi connectivity index (χ0v) is 16.0. The van der Waals surface area contributed by atoms with Crippen LogP contribution in [0.3, 0.4) is 0 Å². The van der Waals surface area contributed by atoms with E-state index in [2.05, 4.69) is 51.3 Å². The summed E-state index contributed by atoms with van der Waals surface area (Å²) >= 11 is 0. The van der Waals surface area contributed by atoms with E-state index in [-0.39, 0.29) is 0 Å². The average Bonchev–Trinajstić information content (AvgIpc) is 3.25. The number of hydrogen-bond acceptors (Lipinski definition) is 4. The van der Waals surface area contributed by atoms with Gasteiger partial charge in [-0.25, -0.2) is 14.6 Å². The second-order valence-electron chi connectivity index (χ2n) is 7.57. The summed E-state index contributed by atoms with van der Waals surface area (Å²) in [6.07, 6.45) is 14.3. The van der Waals surface area contributed by atoms with Gasteiger partial charge in [-0.1, -0.05) is 31.4 Å². The average molecular weight is 361 g/mol. The van der Waals surface area contributed by atoms with Crippen molar-refractivity contribution in [2.45, 2.75) is 51.1 Å². The first-order valence-corrected chi connectivity index (χ1v) is 9.86. The van der Waals surface area contributed by atoms with Gasteiger partial charge in [0.15, 0.2) is 0 Å². The zero-order chi connectivity index (χ0) is 18.5. The van der Waals surface area contributed by atoms with Gasteiger partial charge in [0.1, 0.15) is 5.82 Å². The fourth-order valence-corrected chi connectivity index (χ4v) is 3.87. The Labute approximate surface area is 161 Å². The Balaban J connectivity index is 1.33. The van der Waals surface area contributed by atoms with E-state index >= 15 is 0 Å². The molecule has 0 atom stereocenters. The van der Waals surface area contributed by atoms with Crippen molar-refractivity contribution in [3.05, 3.63) is 72.1 Å². The lowest BCUT2D eigenvalue weighted by Crippen LogP contribution is -2.18. The quantitative estimate of drug-likeness (QED) is 0.655. The molecule has 2 heterocycles. The zero-order valence-electron chi connectivity index (χ0n) is 16.0. The van der Waals surface area contributed by atoms with Crippen LogP contribution in [0.1, 0.15) is 55.0 Å². The van der Waals surface area contributed by atoms with Crippen LogP contribution in [0.2, 0.25) is 0 Å². The van der Waals surface area contributed by atoms with E-state index in [0.29, 0.717) is 5.92 Å². The Morgan fingerprint density at radius 1 is 0.963 bits per heavy atom. The van der Waals surface area contributed by atoms with Crippen LogP contribution in [0.15, 0.2) is 55.1 Å². The summed E-state index contributed by atoms with van der Waals surface area (Å²) in [5, 5.41) is 4.27. The molecule has 0 amide bonds. The highest BCUT2D eigenvalue weighted by atomic mass is 15.3. The highest BCUT2D eigenvalue weighted by Gasteiger charge is 2.17. The van der Waals surface area contributed by atoms with Crippen LogP contribution in [0, 0.1) is 0 Å². The number of nitrogens with zero attached hydrogens (tertiary/aromatic N) is 5. The van der Waals surface area contributed by atoms with E-state index in [9.17, 15) is 0 Å². The van der Waals surface area contributed by atoms with Gasteiger partial charge in [0.2, 0.25) is 0 Å². The molecule has 1 fully saturated rings. The summed E-state index contributed by atoms with van der Waals surface area (Å²) in [4.78, 5) is 11.6. The maximum absolute atomic E-state index is 4.66. The normalized spacial score (nSPS) is 15.3. The molecule has 140 valence electrons. The van der Waals surface area contributed by atoms with Gasteiger partial charge in [-0.3, -0.25) is 4.90 Å². The molecule has 1 aromatic carbocycles. The van der Waals surface area contributed by atoms with Crippen molar-refractivity contribution in [3.8, 4) is 5.69 Å². The van der Waals surface area contributed by atoms with Crippen molar-refractivity contribution in [1.29, 1.82) is 0 Å². The van der Waals surface area contributed by atoms with E-state index in [1.54, 1.807) is 6.20 Å². The standard InChI is InChI=1S/C22H27N5/c1-26(16-18-8-10-21(11-9-18)27-13-5-12-25-27)17-19-14-23-22(24-15-19)20-6-3-2-4-7-20/h5,8-15,20H,2-4,6-7,16-17H2,1H3. The summed E-state index contributed by atoms with van der Waals surface area (Å²) in [5.41, 5.74) is 3.54. The molecule has 1 saturated carbocycles. The second-order valence-corrected chi connectivity index (χ2v) is 7.57. The Bertz CT molecular complexity index is 818. The number of rotatable bonds is 6. The summed E-state index contributed by atoms with van der Waals surface area (Å²) in [6.45, 7) is 1.75. The van der Waals surface area contributed by atoms with Gasteiger partial charge in [-0.15, -0.1) is 0 Å². The Morgan fingerprint density at radius 3 is 2.33 bits per heavy atom. The first-order valence-electron chi connectivity index (χ1n) is 9.86. The first kappa shape index (κ1) is 17.9. The smallest absolute Gasteiger partial charge is 0.131 e. The van der Waals surface area contributed by atoms with E-state index in [4.69, 9.17) is 0 Å². The number of hydrogen-bond donors (Lipinski definition) is 0. The van der Waals surface area contributed by atoms with E-state index in [1.165, 1.54) is 43.2 Å². The molecule has 2 aromatic heterocycles. The monoisotopic (exact) mass is 361 g/mol. The van der Waals surface area contributed by atoms with Crippen molar-refractivity contribution in [3.63, 3.8) is 0 Å². The third-order valence-corrected chi connectivity index (χ3v) is 5.31. The lowest BCUT2D eigenvalue weighted by molar-refractivity contribution is 0.318. The van der Waals surface area contributed by atoms with Gasteiger partial charge >= 0.3 is 0 Å². The highest BCUT2D eigenvalue weighted by molar-refractivity contribution is 5.33. The first-order chi connectivity index (χ1) is 13.3. The molecule has 0 N–H and O–H groups in total. The van der Waals surface area contributed by atoms with Crippen LogP contribution in [0.4, 0.5) is 0 Å². The Hall–Kier alpha value is -2.53. The van der Waals surface area contributed by atoms with Crippen molar-refractivity contribution >= 4 is 0 Å². The molecule has 27 heavy (non-hydrogen) atoms. The van der Waals surface area contributed by atoms with Crippen molar-refractivity contribution in [1.82, 2.24) is 24.6 Å². The molecular weight excluding hydrogens is 334 g/mol. The molecule has 5 heteroatoms. The van der Waals surface area contributed by atoms with E-state index < -0.39 is 0 Å². The third kappa shape index (κ3) is 4.61. The predicted molar refractivity (Wildman–Crippen MR) is 107 cm³/mol. The van der Waals surface area contributed by atoms with E-state index in [0.717, 1.165) is 24.6 Å². The second kappa shape index (κ2) is 8.44. The van der Waals surface area contributed by atoms with Gasteiger partial charge in [0.05, 0.1) is 5.69 Å². The topological polar surface area (TPSA) is 46.8 Å². The maximum atomic E-state index is 4.66. The number of aromatic nitrogens is 4. The van der Waals surface area contributed by atoms with E-state index in [1.807, 2.05) is 29.3 Å². The summed E-state index contributed by atoms with van der Waals surface area (Å²) in [6, 6.07) is 10.5.